The van der Waals surface area contributed by atoms with Gasteiger partial charge in [-0.05, 0) is 42.9 Å². The summed E-state index contributed by atoms with van der Waals surface area (Å²) in [6.45, 7) is 1.03. The van der Waals surface area contributed by atoms with E-state index in [0.717, 1.165) is 37.7 Å². The fourth-order valence-electron chi connectivity index (χ4n) is 3.76. The minimum absolute atomic E-state index is 0.138. The van der Waals surface area contributed by atoms with Gasteiger partial charge >= 0.3 is 0 Å². The van der Waals surface area contributed by atoms with Crippen LogP contribution in [0.3, 0.4) is 0 Å². The lowest BCUT2D eigenvalue weighted by molar-refractivity contribution is 0.268. The molecule has 1 aromatic rings. The molecular weight excluding hydrogens is 315 g/mol. The molecule has 1 aromatic carbocycles. The Kier molecular flexibility index (Phi) is 5.04. The van der Waals surface area contributed by atoms with Gasteiger partial charge in [-0.15, -0.1) is 0 Å². The summed E-state index contributed by atoms with van der Waals surface area (Å²) < 4.78 is 41.9. The zero-order valence-corrected chi connectivity index (χ0v) is 14.4. The van der Waals surface area contributed by atoms with E-state index in [9.17, 15) is 12.8 Å². The van der Waals surface area contributed by atoms with Gasteiger partial charge in [0, 0.05) is 26.2 Å². The third-order valence-corrected chi connectivity index (χ3v) is 7.28. The van der Waals surface area contributed by atoms with Crippen molar-refractivity contribution in [1.82, 2.24) is 8.61 Å². The van der Waals surface area contributed by atoms with Crippen molar-refractivity contribution in [2.75, 3.05) is 20.1 Å². The third kappa shape index (κ3) is 3.59. The van der Waals surface area contributed by atoms with Gasteiger partial charge < -0.3 is 0 Å². The Hall–Kier alpha value is -0.980. The second-order valence-electron chi connectivity index (χ2n) is 6.71. The number of halogens is 1. The van der Waals surface area contributed by atoms with Gasteiger partial charge in [0.2, 0.25) is 0 Å². The SMILES string of the molecule is CN(C1CCCCC1)S(=O)(=O)N1CCC(c2ccc(F)cc2)C1. The summed E-state index contributed by atoms with van der Waals surface area (Å²) in [6, 6.07) is 6.56. The number of nitrogens with zero attached hydrogens (tertiary/aromatic N) is 2. The van der Waals surface area contributed by atoms with Crippen LogP contribution in [0.4, 0.5) is 4.39 Å². The Bertz CT molecular complexity index is 626. The number of benzene rings is 1. The predicted octanol–water partition coefficient (Wildman–Crippen LogP) is 3.12. The highest BCUT2D eigenvalue weighted by Gasteiger charge is 2.37. The molecule has 128 valence electrons. The van der Waals surface area contributed by atoms with Crippen molar-refractivity contribution in [3.63, 3.8) is 0 Å². The monoisotopic (exact) mass is 340 g/mol. The van der Waals surface area contributed by atoms with Gasteiger partial charge in [-0.3, -0.25) is 0 Å². The molecule has 0 aromatic heterocycles. The van der Waals surface area contributed by atoms with Gasteiger partial charge in [0.25, 0.3) is 10.2 Å². The molecule has 4 nitrogen and oxygen atoms in total. The quantitative estimate of drug-likeness (QED) is 0.845. The fraction of sp³-hybridized carbons (Fsp3) is 0.647. The first-order valence-electron chi connectivity index (χ1n) is 8.47. The fourth-order valence-corrected chi connectivity index (χ4v) is 5.42. The van der Waals surface area contributed by atoms with Crippen LogP contribution in [0.2, 0.25) is 0 Å². The van der Waals surface area contributed by atoms with Crippen molar-refractivity contribution < 1.29 is 12.8 Å². The van der Waals surface area contributed by atoms with Crippen molar-refractivity contribution in [1.29, 1.82) is 0 Å². The van der Waals surface area contributed by atoms with Crippen molar-refractivity contribution in [2.45, 2.75) is 50.5 Å². The molecule has 23 heavy (non-hydrogen) atoms. The Morgan fingerprint density at radius 1 is 1.09 bits per heavy atom. The van der Waals surface area contributed by atoms with Crippen LogP contribution in [-0.4, -0.2) is 43.2 Å². The Balaban J connectivity index is 1.68. The van der Waals surface area contributed by atoms with E-state index in [4.69, 9.17) is 0 Å². The van der Waals surface area contributed by atoms with Gasteiger partial charge in [0.05, 0.1) is 0 Å². The third-order valence-electron chi connectivity index (χ3n) is 5.27. The topological polar surface area (TPSA) is 40.6 Å². The van der Waals surface area contributed by atoms with Crippen LogP contribution in [0.5, 0.6) is 0 Å². The lowest BCUT2D eigenvalue weighted by Gasteiger charge is -2.33. The summed E-state index contributed by atoms with van der Waals surface area (Å²) in [6.07, 6.45) is 6.16. The molecule has 1 atom stereocenters. The minimum atomic E-state index is -3.39. The molecule has 1 unspecified atom stereocenters. The summed E-state index contributed by atoms with van der Waals surface area (Å²) in [5.74, 6) is -0.0987. The van der Waals surface area contributed by atoms with Crippen molar-refractivity contribution >= 4 is 10.2 Å². The van der Waals surface area contributed by atoms with Crippen molar-refractivity contribution in [3.8, 4) is 0 Å². The Labute approximate surface area is 138 Å². The predicted molar refractivity (Wildman–Crippen MR) is 88.9 cm³/mol. The molecule has 0 amide bonds. The second kappa shape index (κ2) is 6.87. The largest absolute Gasteiger partial charge is 0.281 e. The molecule has 1 saturated heterocycles. The standard InChI is InChI=1S/C17H25FN2O2S/c1-19(17-5-3-2-4-6-17)23(21,22)20-12-11-15(13-20)14-7-9-16(18)10-8-14/h7-10,15,17H,2-6,11-13H2,1H3. The summed E-state index contributed by atoms with van der Waals surface area (Å²) in [5, 5.41) is 0. The summed E-state index contributed by atoms with van der Waals surface area (Å²) in [4.78, 5) is 0. The highest BCUT2D eigenvalue weighted by Crippen LogP contribution is 2.31. The van der Waals surface area contributed by atoms with Crippen molar-refractivity contribution in [2.24, 2.45) is 0 Å². The minimum Gasteiger partial charge on any atom is -0.207 e. The van der Waals surface area contributed by atoms with E-state index in [2.05, 4.69) is 0 Å². The molecule has 1 aliphatic heterocycles. The number of hydrogen-bond donors (Lipinski definition) is 0. The van der Waals surface area contributed by atoms with Crippen molar-refractivity contribution in [3.05, 3.63) is 35.6 Å². The number of hydrogen-bond acceptors (Lipinski definition) is 2. The average molecular weight is 340 g/mol. The molecule has 2 fully saturated rings. The van der Waals surface area contributed by atoms with Gasteiger partial charge in [0.1, 0.15) is 5.82 Å². The second-order valence-corrected chi connectivity index (χ2v) is 8.70. The van der Waals surface area contributed by atoms with Gasteiger partial charge in [-0.25, -0.2) is 4.39 Å². The summed E-state index contributed by atoms with van der Waals surface area (Å²) in [5.41, 5.74) is 1.02. The highest BCUT2D eigenvalue weighted by molar-refractivity contribution is 7.86. The van der Waals surface area contributed by atoms with E-state index < -0.39 is 10.2 Å². The van der Waals surface area contributed by atoms with Crippen LogP contribution < -0.4 is 0 Å². The maximum Gasteiger partial charge on any atom is 0.281 e. The highest BCUT2D eigenvalue weighted by atomic mass is 32.2. The molecular formula is C17H25FN2O2S. The van der Waals surface area contributed by atoms with Crippen LogP contribution >= 0.6 is 0 Å². The van der Waals surface area contributed by atoms with E-state index in [1.165, 1.54) is 18.6 Å². The van der Waals surface area contributed by atoms with Crippen LogP contribution in [-0.2, 0) is 10.2 Å². The number of rotatable bonds is 4. The average Bonchev–Trinajstić information content (AvgIpc) is 3.06. The van der Waals surface area contributed by atoms with Crippen LogP contribution in [0.1, 0.15) is 50.0 Å². The zero-order valence-electron chi connectivity index (χ0n) is 13.6. The molecule has 1 heterocycles. The molecule has 6 heteroatoms. The summed E-state index contributed by atoms with van der Waals surface area (Å²) >= 11 is 0. The molecule has 0 spiro atoms. The first-order chi connectivity index (χ1) is 11.0. The first-order valence-corrected chi connectivity index (χ1v) is 9.87. The smallest absolute Gasteiger partial charge is 0.207 e. The van der Waals surface area contributed by atoms with Crippen LogP contribution in [0.25, 0.3) is 0 Å². The molecule has 0 radical (unpaired) electrons. The van der Waals surface area contributed by atoms with Gasteiger partial charge in [0.15, 0.2) is 0 Å². The van der Waals surface area contributed by atoms with E-state index in [0.29, 0.717) is 13.1 Å². The maximum absolute atomic E-state index is 13.0. The zero-order chi connectivity index (χ0) is 16.4. The van der Waals surface area contributed by atoms with E-state index in [1.54, 1.807) is 27.8 Å². The molecule has 3 rings (SSSR count). The van der Waals surface area contributed by atoms with Gasteiger partial charge in [-0.2, -0.15) is 17.0 Å². The Morgan fingerprint density at radius 3 is 2.39 bits per heavy atom. The molecule has 0 N–H and O–H groups in total. The molecule has 2 aliphatic rings. The normalized spacial score (nSPS) is 24.4. The molecule has 1 aliphatic carbocycles. The summed E-state index contributed by atoms with van der Waals surface area (Å²) in [7, 11) is -1.68. The molecule has 1 saturated carbocycles. The van der Waals surface area contributed by atoms with E-state index in [1.807, 2.05) is 0 Å². The lowest BCUT2D eigenvalue weighted by atomic mass is 9.96. The Morgan fingerprint density at radius 2 is 1.74 bits per heavy atom. The van der Waals surface area contributed by atoms with E-state index >= 15 is 0 Å². The molecule has 0 bridgehead atoms. The lowest BCUT2D eigenvalue weighted by Crippen LogP contribution is -2.46. The maximum atomic E-state index is 13.0. The van der Waals surface area contributed by atoms with Crippen LogP contribution in [0, 0.1) is 5.82 Å². The van der Waals surface area contributed by atoms with E-state index in [-0.39, 0.29) is 17.8 Å². The van der Waals surface area contributed by atoms with Crippen LogP contribution in [0.15, 0.2) is 24.3 Å². The first kappa shape index (κ1) is 16.9. The van der Waals surface area contributed by atoms with Gasteiger partial charge in [-0.1, -0.05) is 31.4 Å².